The monoisotopic (exact) mass is 407 g/mol. The van der Waals surface area contributed by atoms with Crippen LogP contribution in [-0.4, -0.2) is 38.2 Å². The summed E-state index contributed by atoms with van der Waals surface area (Å²) < 4.78 is 38.8. The summed E-state index contributed by atoms with van der Waals surface area (Å²) in [5.41, 5.74) is 2.65. The lowest BCUT2D eigenvalue weighted by molar-refractivity contribution is -0.150. The van der Waals surface area contributed by atoms with Gasteiger partial charge in [-0.05, 0) is 49.1 Å². The quantitative estimate of drug-likeness (QED) is 0.613. The Morgan fingerprint density at radius 1 is 1.00 bits per heavy atom. The number of halogens is 2. The van der Waals surface area contributed by atoms with Gasteiger partial charge in [0, 0.05) is 6.54 Å². The fourth-order valence-corrected chi connectivity index (χ4v) is 2.58. The lowest BCUT2D eigenvalue weighted by Crippen LogP contribution is -2.31. The third kappa shape index (κ3) is 7.77. The number of carbonyl (C=O) groups is 2. The number of aryl methyl sites for hydroxylation is 2. The molecule has 156 valence electrons. The molecule has 0 saturated heterocycles. The summed E-state index contributed by atoms with van der Waals surface area (Å²) >= 11 is 0. The maximum absolute atomic E-state index is 12.1. The van der Waals surface area contributed by atoms with E-state index < -0.39 is 25.1 Å². The first-order valence-corrected chi connectivity index (χ1v) is 9.00. The van der Waals surface area contributed by atoms with E-state index in [4.69, 9.17) is 9.47 Å². The summed E-state index contributed by atoms with van der Waals surface area (Å²) in [7, 11) is 0. The van der Waals surface area contributed by atoms with Crippen LogP contribution < -0.4 is 14.8 Å². The predicted octanol–water partition coefficient (Wildman–Crippen LogP) is 3.19. The molecular formula is C21H23F2NO5. The third-order valence-electron chi connectivity index (χ3n) is 3.99. The van der Waals surface area contributed by atoms with Crippen molar-refractivity contribution in [3.8, 4) is 11.5 Å². The van der Waals surface area contributed by atoms with E-state index in [2.05, 4.69) is 10.1 Å². The van der Waals surface area contributed by atoms with Gasteiger partial charge < -0.3 is 19.5 Å². The second kappa shape index (κ2) is 11.0. The van der Waals surface area contributed by atoms with Gasteiger partial charge in [0.2, 0.25) is 0 Å². The van der Waals surface area contributed by atoms with Gasteiger partial charge in [-0.2, -0.15) is 8.78 Å². The van der Waals surface area contributed by atoms with Gasteiger partial charge in [-0.3, -0.25) is 4.79 Å². The summed E-state index contributed by atoms with van der Waals surface area (Å²) in [6.07, 6.45) is 0.490. The van der Waals surface area contributed by atoms with Crippen molar-refractivity contribution in [2.45, 2.75) is 26.9 Å². The maximum Gasteiger partial charge on any atom is 0.387 e. The smallest absolute Gasteiger partial charge is 0.387 e. The Morgan fingerprint density at radius 2 is 1.66 bits per heavy atom. The Hall–Kier alpha value is -3.16. The average molecular weight is 407 g/mol. The lowest BCUT2D eigenvalue weighted by atomic mass is 10.1. The summed E-state index contributed by atoms with van der Waals surface area (Å²) in [4.78, 5) is 23.5. The number of rotatable bonds is 10. The summed E-state index contributed by atoms with van der Waals surface area (Å²) in [6.45, 7) is 0.502. The minimum Gasteiger partial charge on any atom is -0.481 e. The number of amides is 1. The van der Waals surface area contributed by atoms with Crippen LogP contribution in [0.5, 0.6) is 11.5 Å². The molecule has 2 aromatic rings. The number of hydrogen-bond donors (Lipinski definition) is 1. The Morgan fingerprint density at radius 3 is 2.28 bits per heavy atom. The van der Waals surface area contributed by atoms with Gasteiger partial charge in [-0.1, -0.05) is 30.3 Å². The topological polar surface area (TPSA) is 73.9 Å². The number of benzene rings is 2. The normalized spacial score (nSPS) is 10.5. The van der Waals surface area contributed by atoms with Gasteiger partial charge in [0.15, 0.2) is 13.2 Å². The number of para-hydroxylation sites is 1. The van der Waals surface area contributed by atoms with E-state index in [0.29, 0.717) is 18.7 Å². The van der Waals surface area contributed by atoms with Gasteiger partial charge in [0.25, 0.3) is 5.91 Å². The molecule has 0 radical (unpaired) electrons. The number of nitrogens with one attached hydrogen (secondary N) is 1. The molecule has 1 amide bonds. The molecule has 0 fully saturated rings. The summed E-state index contributed by atoms with van der Waals surface area (Å²) in [6, 6.07) is 11.8. The van der Waals surface area contributed by atoms with Gasteiger partial charge >= 0.3 is 12.6 Å². The first-order valence-electron chi connectivity index (χ1n) is 9.00. The van der Waals surface area contributed by atoms with E-state index in [1.807, 2.05) is 32.0 Å². The Labute approximate surface area is 167 Å². The number of carbonyl (C=O) groups excluding carboxylic acids is 2. The van der Waals surface area contributed by atoms with E-state index in [1.165, 1.54) is 12.1 Å². The number of alkyl halides is 2. The van der Waals surface area contributed by atoms with Crippen LogP contribution in [-0.2, 0) is 20.7 Å². The number of hydrogen-bond acceptors (Lipinski definition) is 5. The van der Waals surface area contributed by atoms with Crippen molar-refractivity contribution in [2.24, 2.45) is 0 Å². The van der Waals surface area contributed by atoms with Crippen LogP contribution in [0.3, 0.4) is 0 Å². The van der Waals surface area contributed by atoms with Crippen LogP contribution in [0.4, 0.5) is 8.78 Å². The molecule has 6 nitrogen and oxygen atoms in total. The highest BCUT2D eigenvalue weighted by Crippen LogP contribution is 2.22. The van der Waals surface area contributed by atoms with Gasteiger partial charge in [-0.15, -0.1) is 0 Å². The molecule has 0 atom stereocenters. The minimum absolute atomic E-state index is 0.0720. The zero-order valence-electron chi connectivity index (χ0n) is 16.2. The fraction of sp³-hybridized carbons (Fsp3) is 0.333. The first-order chi connectivity index (χ1) is 13.8. The number of ether oxygens (including phenoxy) is 3. The molecule has 0 aliphatic rings. The summed E-state index contributed by atoms with van der Waals surface area (Å²) in [5, 5.41) is 2.62. The second-order valence-electron chi connectivity index (χ2n) is 6.29. The van der Waals surface area contributed by atoms with Crippen molar-refractivity contribution in [1.82, 2.24) is 5.32 Å². The molecule has 0 aromatic heterocycles. The van der Waals surface area contributed by atoms with Crippen molar-refractivity contribution in [2.75, 3.05) is 19.8 Å². The zero-order valence-corrected chi connectivity index (χ0v) is 16.2. The van der Waals surface area contributed by atoms with Crippen LogP contribution in [0.25, 0.3) is 0 Å². The molecule has 1 N–H and O–H groups in total. The minimum atomic E-state index is -2.87. The molecule has 0 bridgehead atoms. The standard InChI is InChI=1S/C21H23F2NO5/c1-14-4-3-5-15(2)20(14)28-13-19(26)27-12-18(25)24-11-10-16-6-8-17(9-7-16)29-21(22)23/h3-9,21H,10-13H2,1-2H3,(H,24,25). The molecule has 0 spiro atoms. The van der Waals surface area contributed by atoms with E-state index >= 15 is 0 Å². The second-order valence-corrected chi connectivity index (χ2v) is 6.29. The lowest BCUT2D eigenvalue weighted by Gasteiger charge is -2.11. The predicted molar refractivity (Wildman–Crippen MR) is 102 cm³/mol. The van der Waals surface area contributed by atoms with Crippen molar-refractivity contribution in [3.63, 3.8) is 0 Å². The fourth-order valence-electron chi connectivity index (χ4n) is 2.58. The molecule has 0 aliphatic heterocycles. The number of esters is 1. The summed E-state index contributed by atoms with van der Waals surface area (Å²) in [5.74, 6) is -0.387. The van der Waals surface area contributed by atoms with Crippen molar-refractivity contribution >= 4 is 11.9 Å². The SMILES string of the molecule is Cc1cccc(C)c1OCC(=O)OCC(=O)NCCc1ccc(OC(F)F)cc1. The van der Waals surface area contributed by atoms with Crippen LogP contribution in [0.1, 0.15) is 16.7 Å². The molecule has 0 saturated carbocycles. The van der Waals surface area contributed by atoms with Gasteiger partial charge in [0.1, 0.15) is 11.5 Å². The molecule has 2 aromatic carbocycles. The van der Waals surface area contributed by atoms with E-state index in [9.17, 15) is 18.4 Å². The highest BCUT2D eigenvalue weighted by Gasteiger charge is 2.10. The van der Waals surface area contributed by atoms with Crippen LogP contribution in [0.2, 0.25) is 0 Å². The van der Waals surface area contributed by atoms with Crippen molar-refractivity contribution in [3.05, 3.63) is 59.2 Å². The van der Waals surface area contributed by atoms with E-state index in [1.54, 1.807) is 12.1 Å². The van der Waals surface area contributed by atoms with Crippen molar-refractivity contribution in [1.29, 1.82) is 0 Å². The van der Waals surface area contributed by atoms with Gasteiger partial charge in [0.05, 0.1) is 0 Å². The Kier molecular flexibility index (Phi) is 8.39. The van der Waals surface area contributed by atoms with E-state index in [0.717, 1.165) is 16.7 Å². The van der Waals surface area contributed by atoms with E-state index in [-0.39, 0.29) is 12.4 Å². The van der Waals surface area contributed by atoms with Crippen LogP contribution in [0.15, 0.2) is 42.5 Å². The molecule has 29 heavy (non-hydrogen) atoms. The molecule has 2 rings (SSSR count). The van der Waals surface area contributed by atoms with Gasteiger partial charge in [-0.25, -0.2) is 4.79 Å². The Balaban J connectivity index is 1.64. The molecule has 8 heteroatoms. The average Bonchev–Trinajstić information content (AvgIpc) is 2.67. The molecule has 0 heterocycles. The highest BCUT2D eigenvalue weighted by molar-refractivity contribution is 5.80. The first kappa shape index (κ1) is 22.1. The van der Waals surface area contributed by atoms with Crippen molar-refractivity contribution < 1.29 is 32.6 Å². The molecule has 0 aliphatic carbocycles. The Bertz CT molecular complexity index is 804. The van der Waals surface area contributed by atoms with Crippen LogP contribution >= 0.6 is 0 Å². The molecule has 0 unspecified atom stereocenters. The van der Waals surface area contributed by atoms with Crippen LogP contribution in [0, 0.1) is 13.8 Å². The zero-order chi connectivity index (χ0) is 21.2. The highest BCUT2D eigenvalue weighted by atomic mass is 19.3. The largest absolute Gasteiger partial charge is 0.481 e. The molecular weight excluding hydrogens is 384 g/mol. The maximum atomic E-state index is 12.1. The third-order valence-corrected chi connectivity index (χ3v) is 3.99.